The standard InChI is InChI=1S/C16H25N3O/c1-4-19(14-8-6-13(17)7-9-14)16(20)15-10-5-11(2)18-12(15)3/h5,10,13-14H,4,6-9,17H2,1-3H3. The first-order valence-electron chi connectivity index (χ1n) is 7.53. The molecule has 2 N–H and O–H groups in total. The van der Waals surface area contributed by atoms with Gasteiger partial charge < -0.3 is 10.6 Å². The molecule has 0 unspecified atom stereocenters. The molecule has 1 saturated carbocycles. The van der Waals surface area contributed by atoms with E-state index in [1.807, 2.05) is 37.8 Å². The Morgan fingerprint density at radius 2 is 1.95 bits per heavy atom. The molecule has 1 aliphatic carbocycles. The van der Waals surface area contributed by atoms with E-state index < -0.39 is 0 Å². The molecule has 0 aliphatic heterocycles. The van der Waals surface area contributed by atoms with Crippen molar-refractivity contribution in [3.05, 3.63) is 29.1 Å². The van der Waals surface area contributed by atoms with Crippen molar-refractivity contribution in [3.8, 4) is 0 Å². The Bertz CT molecular complexity index is 479. The number of rotatable bonds is 3. The van der Waals surface area contributed by atoms with Crippen LogP contribution in [0.2, 0.25) is 0 Å². The quantitative estimate of drug-likeness (QED) is 0.921. The SMILES string of the molecule is CCN(C(=O)c1ccc(C)nc1C)C1CCC(N)CC1. The summed E-state index contributed by atoms with van der Waals surface area (Å²) in [7, 11) is 0. The Morgan fingerprint density at radius 1 is 1.30 bits per heavy atom. The third kappa shape index (κ3) is 3.18. The third-order valence-electron chi connectivity index (χ3n) is 4.24. The highest BCUT2D eigenvalue weighted by atomic mass is 16.2. The molecule has 0 bridgehead atoms. The molecule has 0 aromatic carbocycles. The lowest BCUT2D eigenvalue weighted by Crippen LogP contribution is -2.44. The second-order valence-corrected chi connectivity index (χ2v) is 5.75. The molecule has 20 heavy (non-hydrogen) atoms. The van der Waals surface area contributed by atoms with Crippen LogP contribution in [0.3, 0.4) is 0 Å². The van der Waals surface area contributed by atoms with E-state index in [4.69, 9.17) is 5.73 Å². The maximum absolute atomic E-state index is 12.7. The number of aryl methyl sites for hydroxylation is 2. The summed E-state index contributed by atoms with van der Waals surface area (Å²) in [5.74, 6) is 0.109. The lowest BCUT2D eigenvalue weighted by Gasteiger charge is -2.35. The number of nitrogens with two attached hydrogens (primary N) is 1. The van der Waals surface area contributed by atoms with E-state index in [2.05, 4.69) is 4.98 Å². The minimum absolute atomic E-state index is 0.109. The van der Waals surface area contributed by atoms with Gasteiger partial charge in [-0.15, -0.1) is 0 Å². The fourth-order valence-electron chi connectivity index (χ4n) is 3.05. The van der Waals surface area contributed by atoms with Crippen molar-refractivity contribution in [3.63, 3.8) is 0 Å². The van der Waals surface area contributed by atoms with E-state index >= 15 is 0 Å². The molecule has 4 nitrogen and oxygen atoms in total. The molecule has 4 heteroatoms. The monoisotopic (exact) mass is 275 g/mol. The molecule has 1 aromatic rings. The maximum Gasteiger partial charge on any atom is 0.255 e. The van der Waals surface area contributed by atoms with Gasteiger partial charge in [0.15, 0.2) is 0 Å². The van der Waals surface area contributed by atoms with Crippen LogP contribution in [0.25, 0.3) is 0 Å². The Hall–Kier alpha value is -1.42. The van der Waals surface area contributed by atoms with E-state index in [0.717, 1.165) is 49.2 Å². The minimum atomic E-state index is 0.109. The lowest BCUT2D eigenvalue weighted by atomic mass is 9.90. The van der Waals surface area contributed by atoms with E-state index in [0.29, 0.717) is 12.1 Å². The van der Waals surface area contributed by atoms with Crippen molar-refractivity contribution in [1.29, 1.82) is 0 Å². The van der Waals surface area contributed by atoms with E-state index in [9.17, 15) is 4.79 Å². The smallest absolute Gasteiger partial charge is 0.255 e. The van der Waals surface area contributed by atoms with Crippen LogP contribution in [-0.2, 0) is 0 Å². The summed E-state index contributed by atoms with van der Waals surface area (Å²) in [4.78, 5) is 19.1. The number of hydrogen-bond acceptors (Lipinski definition) is 3. The molecule has 0 spiro atoms. The van der Waals surface area contributed by atoms with Gasteiger partial charge in [-0.2, -0.15) is 0 Å². The first kappa shape index (κ1) is 15.0. The molecule has 2 rings (SSSR count). The summed E-state index contributed by atoms with van der Waals surface area (Å²) in [5.41, 5.74) is 8.45. The van der Waals surface area contributed by atoms with Gasteiger partial charge in [-0.3, -0.25) is 9.78 Å². The van der Waals surface area contributed by atoms with Crippen molar-refractivity contribution < 1.29 is 4.79 Å². The predicted molar refractivity (Wildman–Crippen MR) is 80.7 cm³/mol. The maximum atomic E-state index is 12.7. The number of aromatic nitrogens is 1. The molecule has 1 heterocycles. The second kappa shape index (κ2) is 6.35. The number of pyridine rings is 1. The van der Waals surface area contributed by atoms with Crippen molar-refractivity contribution in [2.45, 2.75) is 58.5 Å². The highest BCUT2D eigenvalue weighted by Crippen LogP contribution is 2.24. The Kier molecular flexibility index (Phi) is 4.76. The van der Waals surface area contributed by atoms with E-state index in [1.54, 1.807) is 0 Å². The fourth-order valence-corrected chi connectivity index (χ4v) is 3.05. The van der Waals surface area contributed by atoms with Crippen LogP contribution in [0.1, 0.15) is 54.4 Å². The van der Waals surface area contributed by atoms with Crippen LogP contribution in [0, 0.1) is 13.8 Å². The van der Waals surface area contributed by atoms with Crippen molar-refractivity contribution >= 4 is 5.91 Å². The zero-order valence-corrected chi connectivity index (χ0v) is 12.7. The Balaban J connectivity index is 2.16. The van der Waals surface area contributed by atoms with Gasteiger partial charge >= 0.3 is 0 Å². The van der Waals surface area contributed by atoms with Gasteiger partial charge in [0.1, 0.15) is 0 Å². The average Bonchev–Trinajstić information content (AvgIpc) is 2.41. The highest BCUT2D eigenvalue weighted by Gasteiger charge is 2.28. The van der Waals surface area contributed by atoms with Crippen molar-refractivity contribution in [2.24, 2.45) is 5.73 Å². The number of amides is 1. The zero-order chi connectivity index (χ0) is 14.7. The van der Waals surface area contributed by atoms with Gasteiger partial charge in [0.2, 0.25) is 0 Å². The summed E-state index contributed by atoms with van der Waals surface area (Å²) in [6.07, 6.45) is 4.05. The molecule has 1 aromatic heterocycles. The first-order valence-corrected chi connectivity index (χ1v) is 7.53. The lowest BCUT2D eigenvalue weighted by molar-refractivity contribution is 0.0639. The molecular weight excluding hydrogens is 250 g/mol. The van der Waals surface area contributed by atoms with Gasteiger partial charge in [0.25, 0.3) is 5.91 Å². The summed E-state index contributed by atoms with van der Waals surface area (Å²) >= 11 is 0. The zero-order valence-electron chi connectivity index (χ0n) is 12.7. The van der Waals surface area contributed by atoms with E-state index in [-0.39, 0.29) is 5.91 Å². The molecule has 0 radical (unpaired) electrons. The summed E-state index contributed by atoms with van der Waals surface area (Å²) in [6, 6.07) is 4.44. The number of carbonyl (C=O) groups excluding carboxylic acids is 1. The van der Waals surface area contributed by atoms with Crippen LogP contribution in [0.15, 0.2) is 12.1 Å². The van der Waals surface area contributed by atoms with E-state index in [1.165, 1.54) is 0 Å². The summed E-state index contributed by atoms with van der Waals surface area (Å²) < 4.78 is 0. The topological polar surface area (TPSA) is 59.2 Å². The number of nitrogens with zero attached hydrogens (tertiary/aromatic N) is 2. The Morgan fingerprint density at radius 3 is 2.50 bits per heavy atom. The van der Waals surface area contributed by atoms with Crippen molar-refractivity contribution in [2.75, 3.05) is 6.54 Å². The highest BCUT2D eigenvalue weighted by molar-refractivity contribution is 5.95. The Labute approximate surface area is 121 Å². The van der Waals surface area contributed by atoms with Gasteiger partial charge in [0, 0.05) is 24.3 Å². The second-order valence-electron chi connectivity index (χ2n) is 5.75. The summed E-state index contributed by atoms with van der Waals surface area (Å²) in [6.45, 7) is 6.64. The molecule has 110 valence electrons. The van der Waals surface area contributed by atoms with Crippen LogP contribution >= 0.6 is 0 Å². The minimum Gasteiger partial charge on any atom is -0.336 e. The molecule has 1 amide bonds. The molecular formula is C16H25N3O. The van der Waals surface area contributed by atoms with Gasteiger partial charge in [-0.25, -0.2) is 0 Å². The van der Waals surface area contributed by atoms with Crippen LogP contribution < -0.4 is 5.73 Å². The molecule has 1 fully saturated rings. The van der Waals surface area contributed by atoms with Crippen LogP contribution in [0.5, 0.6) is 0 Å². The molecule has 1 aliphatic rings. The first-order chi connectivity index (χ1) is 9.52. The van der Waals surface area contributed by atoms with Gasteiger partial charge in [0.05, 0.1) is 11.3 Å². The molecule has 0 saturated heterocycles. The largest absolute Gasteiger partial charge is 0.336 e. The summed E-state index contributed by atoms with van der Waals surface area (Å²) in [5, 5.41) is 0. The van der Waals surface area contributed by atoms with Crippen LogP contribution in [0.4, 0.5) is 0 Å². The van der Waals surface area contributed by atoms with Crippen molar-refractivity contribution in [1.82, 2.24) is 9.88 Å². The van der Waals surface area contributed by atoms with Crippen LogP contribution in [-0.4, -0.2) is 34.4 Å². The van der Waals surface area contributed by atoms with Gasteiger partial charge in [-0.05, 0) is 58.6 Å². The third-order valence-corrected chi connectivity index (χ3v) is 4.24. The molecule has 0 atom stereocenters. The normalized spacial score (nSPS) is 22.6. The number of hydrogen-bond donors (Lipinski definition) is 1. The average molecular weight is 275 g/mol. The number of carbonyl (C=O) groups is 1. The predicted octanol–water partition coefficient (Wildman–Crippen LogP) is 2.43. The van der Waals surface area contributed by atoms with Gasteiger partial charge in [-0.1, -0.05) is 0 Å². The fraction of sp³-hybridized carbons (Fsp3) is 0.625.